The third-order valence-corrected chi connectivity index (χ3v) is 4.24. The van der Waals surface area contributed by atoms with Crippen LogP contribution >= 0.6 is 0 Å². The Kier molecular flexibility index (Phi) is 3.61. The Morgan fingerprint density at radius 3 is 3.00 bits per heavy atom. The molecule has 2 unspecified atom stereocenters. The number of nitrogens with one attached hydrogen (secondary N) is 1. The van der Waals surface area contributed by atoms with E-state index in [0.717, 1.165) is 23.3 Å². The van der Waals surface area contributed by atoms with Crippen LogP contribution in [0.25, 0.3) is 11.0 Å². The molecule has 1 aliphatic rings. The number of aromatic nitrogens is 3. The quantitative estimate of drug-likeness (QED) is 0.898. The summed E-state index contributed by atoms with van der Waals surface area (Å²) in [5, 5.41) is 9.09. The van der Waals surface area contributed by atoms with Gasteiger partial charge in [-0.15, -0.1) is 0 Å². The highest BCUT2D eigenvalue weighted by Gasteiger charge is 2.25. The molecule has 2 aromatic heterocycles. The van der Waals surface area contributed by atoms with Gasteiger partial charge in [0.1, 0.15) is 0 Å². The lowest BCUT2D eigenvalue weighted by Gasteiger charge is -2.20. The van der Waals surface area contributed by atoms with Crippen molar-refractivity contribution in [3.05, 3.63) is 18.5 Å². The van der Waals surface area contributed by atoms with Crippen molar-refractivity contribution in [3.8, 4) is 0 Å². The summed E-state index contributed by atoms with van der Waals surface area (Å²) >= 11 is 0. The van der Waals surface area contributed by atoms with Gasteiger partial charge in [-0.05, 0) is 45.2 Å². The van der Waals surface area contributed by atoms with Gasteiger partial charge in [0.15, 0.2) is 5.65 Å². The van der Waals surface area contributed by atoms with Crippen LogP contribution in [0.4, 0.5) is 5.69 Å². The topological polar surface area (TPSA) is 68.8 Å². The summed E-state index contributed by atoms with van der Waals surface area (Å²) in [6.07, 6.45) is 7.50. The molecule has 0 radical (unpaired) electrons. The highest BCUT2D eigenvalue weighted by Crippen LogP contribution is 2.28. The van der Waals surface area contributed by atoms with Gasteiger partial charge < -0.3 is 11.1 Å². The van der Waals surface area contributed by atoms with Crippen molar-refractivity contribution < 1.29 is 0 Å². The van der Waals surface area contributed by atoms with Crippen LogP contribution in [-0.4, -0.2) is 27.4 Å². The first kappa shape index (κ1) is 13.4. The van der Waals surface area contributed by atoms with Gasteiger partial charge in [0.05, 0.1) is 18.1 Å². The first-order valence-corrected chi connectivity index (χ1v) is 7.49. The van der Waals surface area contributed by atoms with Crippen molar-refractivity contribution in [2.75, 3.05) is 11.9 Å². The molecule has 0 aromatic carbocycles. The lowest BCUT2D eigenvalue weighted by molar-refractivity contribution is 0.516. The molecule has 20 heavy (non-hydrogen) atoms. The number of fused-ring (bicyclic) bond motifs is 1. The van der Waals surface area contributed by atoms with Crippen LogP contribution in [0.3, 0.4) is 0 Å². The summed E-state index contributed by atoms with van der Waals surface area (Å²) in [4.78, 5) is 4.56. The Morgan fingerprint density at radius 1 is 1.40 bits per heavy atom. The lowest BCUT2D eigenvalue weighted by atomic mass is 10.0. The van der Waals surface area contributed by atoms with Gasteiger partial charge in [0.25, 0.3) is 0 Å². The van der Waals surface area contributed by atoms with Crippen LogP contribution in [0.1, 0.15) is 39.2 Å². The fourth-order valence-electron chi connectivity index (χ4n) is 3.12. The zero-order valence-corrected chi connectivity index (χ0v) is 12.2. The number of nitrogens with two attached hydrogens (primary N) is 1. The molecular weight excluding hydrogens is 250 g/mol. The van der Waals surface area contributed by atoms with E-state index in [9.17, 15) is 0 Å². The van der Waals surface area contributed by atoms with Crippen LogP contribution in [-0.2, 0) is 0 Å². The van der Waals surface area contributed by atoms with Gasteiger partial charge in [-0.25, -0.2) is 9.67 Å². The van der Waals surface area contributed by atoms with E-state index < -0.39 is 0 Å². The predicted molar refractivity (Wildman–Crippen MR) is 81.7 cm³/mol. The van der Waals surface area contributed by atoms with Gasteiger partial charge in [0, 0.05) is 17.5 Å². The zero-order valence-electron chi connectivity index (χ0n) is 12.2. The van der Waals surface area contributed by atoms with Crippen LogP contribution in [0.5, 0.6) is 0 Å². The molecule has 5 nitrogen and oxygen atoms in total. The minimum absolute atomic E-state index is 0.329. The molecule has 3 N–H and O–H groups in total. The number of pyridine rings is 1. The fourth-order valence-corrected chi connectivity index (χ4v) is 3.12. The second-order valence-corrected chi connectivity index (χ2v) is 6.00. The summed E-state index contributed by atoms with van der Waals surface area (Å²) in [5.74, 6) is 0.587. The van der Waals surface area contributed by atoms with E-state index >= 15 is 0 Å². The second-order valence-electron chi connectivity index (χ2n) is 6.00. The van der Waals surface area contributed by atoms with Crippen LogP contribution in [0, 0.1) is 5.92 Å². The molecule has 108 valence electrons. The maximum Gasteiger partial charge on any atom is 0.158 e. The second kappa shape index (κ2) is 5.40. The standard InChI is InChI=1S/C15H23N5/c1-10(2)20-15-12(8-18-20)6-13(9-17-15)19-14-5-3-4-11(14)7-16/h6,8-11,14,19H,3-5,7,16H2,1-2H3. The normalized spacial score (nSPS) is 22.8. The molecule has 0 amide bonds. The van der Waals surface area contributed by atoms with Gasteiger partial charge >= 0.3 is 0 Å². The largest absolute Gasteiger partial charge is 0.381 e. The lowest BCUT2D eigenvalue weighted by Crippen LogP contribution is -2.29. The van der Waals surface area contributed by atoms with E-state index in [1.807, 2.05) is 17.1 Å². The van der Waals surface area contributed by atoms with E-state index in [0.29, 0.717) is 18.0 Å². The Hall–Kier alpha value is -1.62. The maximum atomic E-state index is 5.84. The zero-order chi connectivity index (χ0) is 14.1. The molecule has 0 spiro atoms. The Labute approximate surface area is 119 Å². The number of hydrogen-bond donors (Lipinski definition) is 2. The average Bonchev–Trinajstić information content (AvgIpc) is 3.04. The van der Waals surface area contributed by atoms with Crippen LogP contribution in [0.15, 0.2) is 18.5 Å². The molecule has 0 saturated heterocycles. The van der Waals surface area contributed by atoms with Crippen molar-refractivity contribution in [2.45, 2.75) is 45.2 Å². The van der Waals surface area contributed by atoms with E-state index in [1.165, 1.54) is 19.3 Å². The molecular formula is C15H23N5. The minimum atomic E-state index is 0.329. The Morgan fingerprint density at radius 2 is 2.25 bits per heavy atom. The van der Waals surface area contributed by atoms with Crippen molar-refractivity contribution in [1.29, 1.82) is 0 Å². The van der Waals surface area contributed by atoms with Crippen molar-refractivity contribution in [2.24, 2.45) is 11.7 Å². The molecule has 1 fully saturated rings. The van der Waals surface area contributed by atoms with Gasteiger partial charge in [0.2, 0.25) is 0 Å². The van der Waals surface area contributed by atoms with Gasteiger partial charge in [-0.3, -0.25) is 0 Å². The summed E-state index contributed by atoms with van der Waals surface area (Å²) in [7, 11) is 0. The van der Waals surface area contributed by atoms with E-state index in [1.54, 1.807) is 0 Å². The molecule has 2 atom stereocenters. The number of anilines is 1. The number of hydrogen-bond acceptors (Lipinski definition) is 4. The highest BCUT2D eigenvalue weighted by atomic mass is 15.3. The minimum Gasteiger partial charge on any atom is -0.381 e. The first-order valence-electron chi connectivity index (χ1n) is 7.49. The third-order valence-electron chi connectivity index (χ3n) is 4.24. The van der Waals surface area contributed by atoms with Crippen LogP contribution in [0.2, 0.25) is 0 Å². The molecule has 2 heterocycles. The fraction of sp³-hybridized carbons (Fsp3) is 0.600. The third kappa shape index (κ3) is 2.38. The average molecular weight is 273 g/mol. The van der Waals surface area contributed by atoms with Crippen LogP contribution < -0.4 is 11.1 Å². The Bertz CT molecular complexity index is 589. The summed E-state index contributed by atoms with van der Waals surface area (Å²) in [6.45, 7) is 4.99. The van der Waals surface area contributed by atoms with E-state index in [-0.39, 0.29) is 0 Å². The van der Waals surface area contributed by atoms with Crippen molar-refractivity contribution in [1.82, 2.24) is 14.8 Å². The monoisotopic (exact) mass is 273 g/mol. The van der Waals surface area contributed by atoms with Crippen molar-refractivity contribution in [3.63, 3.8) is 0 Å². The summed E-state index contributed by atoms with van der Waals surface area (Å²) in [6, 6.07) is 2.95. The summed E-state index contributed by atoms with van der Waals surface area (Å²) in [5.41, 5.74) is 7.86. The number of nitrogens with zero attached hydrogens (tertiary/aromatic N) is 3. The molecule has 2 aromatic rings. The first-order chi connectivity index (χ1) is 9.69. The molecule has 5 heteroatoms. The van der Waals surface area contributed by atoms with Crippen molar-refractivity contribution >= 4 is 16.7 Å². The van der Waals surface area contributed by atoms with Gasteiger partial charge in [-0.1, -0.05) is 6.42 Å². The van der Waals surface area contributed by atoms with E-state index in [4.69, 9.17) is 5.73 Å². The van der Waals surface area contributed by atoms with E-state index in [2.05, 4.69) is 35.3 Å². The highest BCUT2D eigenvalue weighted by molar-refractivity contribution is 5.78. The molecule has 1 aliphatic carbocycles. The maximum absolute atomic E-state index is 5.84. The smallest absolute Gasteiger partial charge is 0.158 e. The molecule has 3 rings (SSSR count). The molecule has 0 aliphatic heterocycles. The summed E-state index contributed by atoms with van der Waals surface area (Å²) < 4.78 is 1.96. The number of rotatable bonds is 4. The SMILES string of the molecule is CC(C)n1ncc2cc(NC3CCCC3CN)cnc21. The predicted octanol–water partition coefficient (Wildman–Crippen LogP) is 2.55. The molecule has 1 saturated carbocycles. The molecule has 0 bridgehead atoms. The van der Waals surface area contributed by atoms with Gasteiger partial charge in [-0.2, -0.15) is 5.10 Å². The Balaban J connectivity index is 1.83.